The van der Waals surface area contributed by atoms with Crippen LogP contribution in [0.15, 0.2) is 53.4 Å². The maximum absolute atomic E-state index is 6.11. The van der Waals surface area contributed by atoms with Crippen LogP contribution in [-0.2, 0) is 6.54 Å². The second-order valence-corrected chi connectivity index (χ2v) is 5.70. The predicted octanol–water partition coefficient (Wildman–Crippen LogP) is 4.18. The maximum Gasteiger partial charge on any atom is 0.248 e. The first-order valence-electron chi connectivity index (χ1n) is 7.78. The molecule has 0 radical (unpaired) electrons. The average Bonchev–Trinajstić information content (AvgIpc) is 3.09. The Bertz CT molecular complexity index is 783. The molecular formula is C18H20N4O2. The van der Waals surface area contributed by atoms with Crippen molar-refractivity contribution in [3.8, 4) is 11.6 Å². The summed E-state index contributed by atoms with van der Waals surface area (Å²) in [5, 5.41) is 3.12. The summed E-state index contributed by atoms with van der Waals surface area (Å²) in [5.74, 6) is 2.78. The Morgan fingerprint density at radius 2 is 1.96 bits per heavy atom. The minimum absolute atomic E-state index is 0.323. The first-order chi connectivity index (χ1) is 11.6. The van der Waals surface area contributed by atoms with Crippen molar-refractivity contribution in [1.82, 2.24) is 9.97 Å². The standard InChI is InChI=1S/C18H20N4O2/c1-12(2)13-5-7-14(8-6-13)24-18-16(19)17(21-11-22-18)20-10-15-4-3-9-23-15/h3-9,11-12H,10,19H2,1-2H3,(H,20,21,22). The lowest BCUT2D eigenvalue weighted by atomic mass is 10.0. The summed E-state index contributed by atoms with van der Waals surface area (Å²) in [6.45, 7) is 4.78. The molecule has 3 rings (SSSR count). The molecule has 0 saturated heterocycles. The lowest BCUT2D eigenvalue weighted by Crippen LogP contribution is -2.06. The van der Waals surface area contributed by atoms with E-state index in [0.29, 0.717) is 35.6 Å². The normalized spacial score (nSPS) is 10.8. The molecular weight excluding hydrogens is 304 g/mol. The maximum atomic E-state index is 6.11. The Morgan fingerprint density at radius 1 is 1.17 bits per heavy atom. The third-order valence-electron chi connectivity index (χ3n) is 3.62. The molecule has 0 unspecified atom stereocenters. The van der Waals surface area contributed by atoms with E-state index in [1.165, 1.54) is 11.9 Å². The van der Waals surface area contributed by atoms with Gasteiger partial charge in [0.25, 0.3) is 0 Å². The lowest BCUT2D eigenvalue weighted by Gasteiger charge is -2.12. The number of furan rings is 1. The third-order valence-corrected chi connectivity index (χ3v) is 3.62. The highest BCUT2D eigenvalue weighted by atomic mass is 16.5. The summed E-state index contributed by atoms with van der Waals surface area (Å²) in [6, 6.07) is 11.6. The van der Waals surface area contributed by atoms with Gasteiger partial charge in [-0.05, 0) is 35.7 Å². The van der Waals surface area contributed by atoms with Crippen molar-refractivity contribution in [2.24, 2.45) is 0 Å². The molecule has 0 saturated carbocycles. The molecule has 124 valence electrons. The summed E-state index contributed by atoms with van der Waals surface area (Å²) in [4.78, 5) is 8.26. The molecule has 0 bridgehead atoms. The molecule has 24 heavy (non-hydrogen) atoms. The summed E-state index contributed by atoms with van der Waals surface area (Å²) < 4.78 is 11.1. The van der Waals surface area contributed by atoms with Crippen molar-refractivity contribution in [2.75, 3.05) is 11.1 Å². The van der Waals surface area contributed by atoms with Crippen molar-refractivity contribution in [3.63, 3.8) is 0 Å². The van der Waals surface area contributed by atoms with Crippen molar-refractivity contribution < 1.29 is 9.15 Å². The van der Waals surface area contributed by atoms with Crippen LogP contribution in [0.1, 0.15) is 31.1 Å². The molecule has 0 fully saturated rings. The highest BCUT2D eigenvalue weighted by Gasteiger charge is 2.11. The number of hydrogen-bond donors (Lipinski definition) is 2. The molecule has 0 aliphatic heterocycles. The zero-order valence-corrected chi connectivity index (χ0v) is 13.7. The van der Waals surface area contributed by atoms with E-state index < -0.39 is 0 Å². The lowest BCUT2D eigenvalue weighted by molar-refractivity contribution is 0.464. The van der Waals surface area contributed by atoms with Crippen LogP contribution >= 0.6 is 0 Å². The molecule has 0 aliphatic rings. The van der Waals surface area contributed by atoms with E-state index >= 15 is 0 Å². The van der Waals surface area contributed by atoms with Crippen LogP contribution in [0.5, 0.6) is 11.6 Å². The zero-order valence-electron chi connectivity index (χ0n) is 13.7. The number of nitrogen functional groups attached to an aromatic ring is 1. The number of nitrogens with one attached hydrogen (secondary N) is 1. The monoisotopic (exact) mass is 324 g/mol. The second-order valence-electron chi connectivity index (χ2n) is 5.70. The fourth-order valence-electron chi connectivity index (χ4n) is 2.22. The number of rotatable bonds is 6. The van der Waals surface area contributed by atoms with Crippen LogP contribution in [0.4, 0.5) is 11.5 Å². The van der Waals surface area contributed by atoms with Crippen LogP contribution in [-0.4, -0.2) is 9.97 Å². The van der Waals surface area contributed by atoms with Gasteiger partial charge in [0.2, 0.25) is 5.88 Å². The molecule has 3 N–H and O–H groups in total. The number of nitrogens with two attached hydrogens (primary N) is 1. The molecule has 0 aliphatic carbocycles. The van der Waals surface area contributed by atoms with Gasteiger partial charge in [-0.15, -0.1) is 0 Å². The van der Waals surface area contributed by atoms with Gasteiger partial charge in [-0.1, -0.05) is 26.0 Å². The van der Waals surface area contributed by atoms with Gasteiger partial charge in [0, 0.05) is 0 Å². The minimum Gasteiger partial charge on any atom is -0.467 e. The van der Waals surface area contributed by atoms with Crippen LogP contribution in [0, 0.1) is 0 Å². The van der Waals surface area contributed by atoms with Crippen LogP contribution in [0.2, 0.25) is 0 Å². The van der Waals surface area contributed by atoms with Gasteiger partial charge in [-0.2, -0.15) is 4.98 Å². The first kappa shape index (κ1) is 15.9. The summed E-state index contributed by atoms with van der Waals surface area (Å²) >= 11 is 0. The van der Waals surface area contributed by atoms with E-state index in [0.717, 1.165) is 5.76 Å². The molecule has 2 heterocycles. The van der Waals surface area contributed by atoms with Crippen molar-refractivity contribution in [2.45, 2.75) is 26.3 Å². The van der Waals surface area contributed by atoms with Crippen molar-refractivity contribution in [3.05, 3.63) is 60.3 Å². The number of benzene rings is 1. The fraction of sp³-hybridized carbons (Fsp3) is 0.222. The fourth-order valence-corrected chi connectivity index (χ4v) is 2.22. The average molecular weight is 324 g/mol. The Morgan fingerprint density at radius 3 is 2.62 bits per heavy atom. The minimum atomic E-state index is 0.323. The van der Waals surface area contributed by atoms with E-state index in [-0.39, 0.29) is 0 Å². The number of aromatic nitrogens is 2. The Kier molecular flexibility index (Phi) is 4.65. The molecule has 0 amide bonds. The van der Waals surface area contributed by atoms with Crippen LogP contribution in [0.3, 0.4) is 0 Å². The van der Waals surface area contributed by atoms with Gasteiger partial charge >= 0.3 is 0 Å². The number of ether oxygens (including phenoxy) is 1. The van der Waals surface area contributed by atoms with Crippen molar-refractivity contribution >= 4 is 11.5 Å². The van der Waals surface area contributed by atoms with E-state index in [2.05, 4.69) is 29.1 Å². The predicted molar refractivity (Wildman–Crippen MR) is 93.1 cm³/mol. The molecule has 6 heteroatoms. The van der Waals surface area contributed by atoms with Gasteiger partial charge in [0.05, 0.1) is 12.8 Å². The summed E-state index contributed by atoms with van der Waals surface area (Å²) in [5.41, 5.74) is 7.71. The molecule has 0 spiro atoms. The van der Waals surface area contributed by atoms with Gasteiger partial charge in [-0.25, -0.2) is 4.98 Å². The van der Waals surface area contributed by atoms with Crippen molar-refractivity contribution in [1.29, 1.82) is 0 Å². The topological polar surface area (TPSA) is 86.2 Å². The van der Waals surface area contributed by atoms with E-state index in [1.807, 2.05) is 36.4 Å². The zero-order chi connectivity index (χ0) is 16.9. The summed E-state index contributed by atoms with van der Waals surface area (Å²) in [7, 11) is 0. The molecule has 3 aromatic rings. The highest BCUT2D eigenvalue weighted by molar-refractivity contribution is 5.66. The third kappa shape index (κ3) is 3.65. The quantitative estimate of drug-likeness (QED) is 0.707. The second kappa shape index (κ2) is 7.04. The van der Waals surface area contributed by atoms with E-state index in [9.17, 15) is 0 Å². The molecule has 0 atom stereocenters. The SMILES string of the molecule is CC(C)c1ccc(Oc2ncnc(NCc3ccco3)c2N)cc1. The number of hydrogen-bond acceptors (Lipinski definition) is 6. The molecule has 1 aromatic carbocycles. The van der Waals surface area contributed by atoms with Gasteiger partial charge in [0.1, 0.15) is 23.5 Å². The number of anilines is 2. The Balaban J connectivity index is 1.72. The summed E-state index contributed by atoms with van der Waals surface area (Å²) in [6.07, 6.45) is 3.04. The van der Waals surface area contributed by atoms with Gasteiger partial charge in [0.15, 0.2) is 5.82 Å². The Hall–Kier alpha value is -3.02. The Labute approximate surface area is 140 Å². The molecule has 6 nitrogen and oxygen atoms in total. The largest absolute Gasteiger partial charge is 0.467 e. The highest BCUT2D eigenvalue weighted by Crippen LogP contribution is 2.30. The van der Waals surface area contributed by atoms with Crippen LogP contribution in [0.25, 0.3) is 0 Å². The van der Waals surface area contributed by atoms with Gasteiger partial charge in [-0.3, -0.25) is 0 Å². The van der Waals surface area contributed by atoms with Crippen LogP contribution < -0.4 is 15.8 Å². The molecule has 2 aromatic heterocycles. The smallest absolute Gasteiger partial charge is 0.248 e. The first-order valence-corrected chi connectivity index (χ1v) is 7.78. The van der Waals surface area contributed by atoms with E-state index in [4.69, 9.17) is 14.9 Å². The number of nitrogens with zero attached hydrogens (tertiary/aromatic N) is 2. The van der Waals surface area contributed by atoms with E-state index in [1.54, 1.807) is 6.26 Å². The van der Waals surface area contributed by atoms with Gasteiger partial charge < -0.3 is 20.2 Å².